The first-order chi connectivity index (χ1) is 6.95. The smallest absolute Gasteiger partial charge is 0.212 e. The van der Waals surface area contributed by atoms with Gasteiger partial charge >= 0.3 is 0 Å². The second kappa shape index (κ2) is 2.88. The summed E-state index contributed by atoms with van der Waals surface area (Å²) in [5.74, 6) is 0. The van der Waals surface area contributed by atoms with Gasteiger partial charge in [0.25, 0.3) is 0 Å². The van der Waals surface area contributed by atoms with Crippen molar-refractivity contribution in [2.45, 2.75) is 0 Å². The lowest BCUT2D eigenvalue weighted by atomic mass is 10.2. The summed E-state index contributed by atoms with van der Waals surface area (Å²) in [6.45, 7) is 0. The highest BCUT2D eigenvalue weighted by molar-refractivity contribution is 7.14. The average Bonchev–Trinajstić information content (AvgIpc) is 2.79. The lowest BCUT2D eigenvalue weighted by molar-refractivity contribution is 0.979. The molecule has 0 saturated carbocycles. The van der Waals surface area contributed by atoms with E-state index in [1.807, 2.05) is 29.0 Å². The van der Waals surface area contributed by atoms with Crippen LogP contribution >= 0.6 is 11.3 Å². The maximum atomic E-state index is 4.25. The molecule has 0 saturated heterocycles. The Balaban J connectivity index is 2.28. The Labute approximate surface area is 83.9 Å². The lowest BCUT2D eigenvalue weighted by Gasteiger charge is -1.95. The summed E-state index contributed by atoms with van der Waals surface area (Å²) in [7, 11) is 0. The molecule has 3 rings (SSSR count). The van der Waals surface area contributed by atoms with E-state index >= 15 is 0 Å². The van der Waals surface area contributed by atoms with Crippen LogP contribution in [0.4, 0.5) is 0 Å². The Hall–Kier alpha value is -1.75. The Morgan fingerprint density at radius 1 is 1.29 bits per heavy atom. The fraction of sp³-hybridized carbons (Fsp3) is 0. The van der Waals surface area contributed by atoms with Crippen LogP contribution in [-0.4, -0.2) is 19.6 Å². The van der Waals surface area contributed by atoms with Crippen molar-refractivity contribution in [3.63, 3.8) is 0 Å². The van der Waals surface area contributed by atoms with Crippen LogP contribution in [0.1, 0.15) is 0 Å². The summed E-state index contributed by atoms with van der Waals surface area (Å²) >= 11 is 1.52. The van der Waals surface area contributed by atoms with Crippen molar-refractivity contribution < 1.29 is 0 Å². The van der Waals surface area contributed by atoms with Crippen LogP contribution in [0.5, 0.6) is 0 Å². The minimum absolute atomic E-state index is 0.906. The third-order valence-corrected chi connectivity index (χ3v) is 2.67. The molecule has 3 aromatic heterocycles. The second-order valence-corrected chi connectivity index (χ2v) is 3.63. The summed E-state index contributed by atoms with van der Waals surface area (Å²) in [6.07, 6.45) is 5.38. The van der Waals surface area contributed by atoms with E-state index in [1.165, 1.54) is 11.3 Å². The molecular weight excluding hydrogens is 196 g/mol. The van der Waals surface area contributed by atoms with E-state index in [9.17, 15) is 0 Å². The van der Waals surface area contributed by atoms with Gasteiger partial charge in [-0.2, -0.15) is 5.10 Å². The molecule has 0 N–H and O–H groups in total. The molecule has 0 spiro atoms. The molecule has 14 heavy (non-hydrogen) atoms. The van der Waals surface area contributed by atoms with E-state index in [0.717, 1.165) is 16.2 Å². The fourth-order valence-electron chi connectivity index (χ4n) is 1.35. The zero-order valence-electron chi connectivity index (χ0n) is 7.16. The monoisotopic (exact) mass is 202 g/mol. The third-order valence-electron chi connectivity index (χ3n) is 1.98. The predicted octanol–water partition coefficient (Wildman–Crippen LogP) is 1.85. The molecule has 68 valence electrons. The number of hydrogen-bond donors (Lipinski definition) is 0. The van der Waals surface area contributed by atoms with Gasteiger partial charge in [0.05, 0.1) is 11.9 Å². The summed E-state index contributed by atoms with van der Waals surface area (Å²) in [5, 5.41) is 4.20. The maximum absolute atomic E-state index is 4.25. The number of hydrogen-bond acceptors (Lipinski definition) is 4. The van der Waals surface area contributed by atoms with E-state index in [-0.39, 0.29) is 0 Å². The number of pyridine rings is 1. The molecule has 3 heterocycles. The molecule has 0 unspecified atom stereocenters. The minimum Gasteiger partial charge on any atom is -0.264 e. The highest BCUT2D eigenvalue weighted by Gasteiger charge is 2.06. The van der Waals surface area contributed by atoms with Gasteiger partial charge in [-0.25, -0.2) is 9.50 Å². The van der Waals surface area contributed by atoms with Crippen LogP contribution in [0.2, 0.25) is 0 Å². The number of aromatic nitrogens is 4. The second-order valence-electron chi connectivity index (χ2n) is 2.82. The van der Waals surface area contributed by atoms with E-state index in [2.05, 4.69) is 15.1 Å². The Bertz CT molecular complexity index is 554. The van der Waals surface area contributed by atoms with Gasteiger partial charge in [0.2, 0.25) is 4.96 Å². The van der Waals surface area contributed by atoms with Crippen LogP contribution in [0.3, 0.4) is 0 Å². The zero-order valence-corrected chi connectivity index (χ0v) is 7.98. The van der Waals surface area contributed by atoms with Crippen molar-refractivity contribution in [2.24, 2.45) is 0 Å². The van der Waals surface area contributed by atoms with Crippen LogP contribution in [0.15, 0.2) is 36.2 Å². The first-order valence-corrected chi connectivity index (χ1v) is 5.01. The topological polar surface area (TPSA) is 43.1 Å². The number of imidazole rings is 1. The SMILES string of the molecule is c1cncc(-c2cnc3scnn23)c1. The molecule has 4 nitrogen and oxygen atoms in total. The van der Waals surface area contributed by atoms with Crippen LogP contribution in [0, 0.1) is 0 Å². The average molecular weight is 202 g/mol. The first-order valence-electron chi connectivity index (χ1n) is 4.13. The molecule has 0 atom stereocenters. The van der Waals surface area contributed by atoms with E-state index in [4.69, 9.17) is 0 Å². The van der Waals surface area contributed by atoms with Gasteiger partial charge in [0, 0.05) is 18.0 Å². The normalized spacial score (nSPS) is 10.9. The van der Waals surface area contributed by atoms with Gasteiger partial charge in [-0.15, -0.1) is 0 Å². The van der Waals surface area contributed by atoms with Gasteiger partial charge in [0.15, 0.2) is 0 Å². The van der Waals surface area contributed by atoms with E-state index in [1.54, 1.807) is 11.7 Å². The minimum atomic E-state index is 0.906. The summed E-state index contributed by atoms with van der Waals surface area (Å²) in [4.78, 5) is 9.22. The van der Waals surface area contributed by atoms with Crippen LogP contribution in [0.25, 0.3) is 16.2 Å². The summed E-state index contributed by atoms with van der Waals surface area (Å²) in [6, 6.07) is 3.90. The highest BCUT2D eigenvalue weighted by Crippen LogP contribution is 2.20. The molecule has 5 heteroatoms. The van der Waals surface area contributed by atoms with Crippen LogP contribution in [-0.2, 0) is 0 Å². The first kappa shape index (κ1) is 7.64. The lowest BCUT2D eigenvalue weighted by Crippen LogP contribution is -1.87. The molecule has 0 aliphatic carbocycles. The quantitative estimate of drug-likeness (QED) is 0.604. The Kier molecular flexibility index (Phi) is 1.57. The number of fused-ring (bicyclic) bond motifs is 1. The zero-order chi connectivity index (χ0) is 9.38. The van der Waals surface area contributed by atoms with Crippen molar-refractivity contribution in [2.75, 3.05) is 0 Å². The molecule has 0 amide bonds. The molecule has 3 aromatic rings. The van der Waals surface area contributed by atoms with Crippen molar-refractivity contribution >= 4 is 16.3 Å². The van der Waals surface area contributed by atoms with E-state index in [0.29, 0.717) is 0 Å². The van der Waals surface area contributed by atoms with Crippen molar-refractivity contribution in [1.29, 1.82) is 0 Å². The standard InChI is InChI=1S/C9H6N4S/c1-2-7(4-10-3-1)8-5-11-9-13(8)12-6-14-9/h1-6H. The Morgan fingerprint density at radius 3 is 3.14 bits per heavy atom. The number of nitrogens with zero attached hydrogens (tertiary/aromatic N) is 4. The number of rotatable bonds is 1. The molecule has 0 bridgehead atoms. The van der Waals surface area contributed by atoms with Crippen molar-refractivity contribution in [1.82, 2.24) is 19.6 Å². The van der Waals surface area contributed by atoms with Crippen molar-refractivity contribution in [3.05, 3.63) is 36.2 Å². The van der Waals surface area contributed by atoms with E-state index < -0.39 is 0 Å². The highest BCUT2D eigenvalue weighted by atomic mass is 32.1. The third kappa shape index (κ3) is 1.03. The molecule has 0 aromatic carbocycles. The summed E-state index contributed by atoms with van der Waals surface area (Å²) in [5.41, 5.74) is 3.79. The molecule has 0 aliphatic rings. The molecule has 0 radical (unpaired) electrons. The van der Waals surface area contributed by atoms with Gasteiger partial charge in [0.1, 0.15) is 5.51 Å². The molecule has 0 fully saturated rings. The van der Waals surface area contributed by atoms with Crippen LogP contribution < -0.4 is 0 Å². The largest absolute Gasteiger partial charge is 0.264 e. The molecular formula is C9H6N4S. The van der Waals surface area contributed by atoms with Gasteiger partial charge in [-0.05, 0) is 12.1 Å². The Morgan fingerprint density at radius 2 is 2.29 bits per heavy atom. The molecule has 0 aliphatic heterocycles. The van der Waals surface area contributed by atoms with Gasteiger partial charge in [-0.3, -0.25) is 4.98 Å². The van der Waals surface area contributed by atoms with Gasteiger partial charge < -0.3 is 0 Å². The predicted molar refractivity (Wildman–Crippen MR) is 54.1 cm³/mol. The fourth-order valence-corrected chi connectivity index (χ4v) is 1.94. The van der Waals surface area contributed by atoms with Crippen molar-refractivity contribution in [3.8, 4) is 11.3 Å². The summed E-state index contributed by atoms with van der Waals surface area (Å²) < 4.78 is 1.82. The maximum Gasteiger partial charge on any atom is 0.212 e. The van der Waals surface area contributed by atoms with Gasteiger partial charge in [-0.1, -0.05) is 11.3 Å².